The monoisotopic (exact) mass is 168 g/mol. The Hall–Kier alpha value is -0.370. The van der Waals surface area contributed by atoms with Crippen molar-refractivity contribution < 1.29 is 4.79 Å². The summed E-state index contributed by atoms with van der Waals surface area (Å²) >= 11 is 0. The van der Waals surface area contributed by atoms with Crippen LogP contribution in [0.5, 0.6) is 0 Å². The second kappa shape index (κ2) is 4.61. The highest BCUT2D eigenvalue weighted by Gasteiger charge is 2.24. The van der Waals surface area contributed by atoms with Gasteiger partial charge in [0.2, 0.25) is 0 Å². The van der Waals surface area contributed by atoms with Gasteiger partial charge in [-0.2, -0.15) is 0 Å². The van der Waals surface area contributed by atoms with Gasteiger partial charge in [0.25, 0.3) is 0 Å². The van der Waals surface area contributed by atoms with Crippen molar-refractivity contribution in [1.82, 2.24) is 5.32 Å². The molecule has 69 valence electrons. The summed E-state index contributed by atoms with van der Waals surface area (Å²) in [5.74, 6) is 1.29. The summed E-state index contributed by atoms with van der Waals surface area (Å²) in [4.78, 5) is 11.4. The third-order valence-corrected chi connectivity index (χ3v) is 2.88. The number of carbonyl (C=O) groups is 1. The summed E-state index contributed by atoms with van der Waals surface area (Å²) in [6, 6.07) is 0. The minimum atomic E-state index is 0.269. The number of ketones is 1. The predicted molar refractivity (Wildman–Crippen MR) is 49.1 cm³/mol. The van der Waals surface area contributed by atoms with Gasteiger partial charge in [-0.3, -0.25) is 4.79 Å². The molecule has 1 atom stereocenters. The number of rotatable bonds is 3. The van der Waals surface area contributed by atoms with Crippen molar-refractivity contribution in [3.8, 4) is 0 Å². The molecule has 12 heavy (non-hydrogen) atoms. The lowest BCUT2D eigenvalue weighted by molar-refractivity contribution is -0.123. The van der Waals surface area contributed by atoms with Gasteiger partial charge in [-0.1, -0.05) is 13.8 Å². The molecule has 0 aromatic rings. The van der Waals surface area contributed by atoms with E-state index in [0.717, 1.165) is 25.9 Å². The van der Waals surface area contributed by atoms with Crippen LogP contribution in [0.4, 0.5) is 0 Å². The van der Waals surface area contributed by atoms with Crippen LogP contribution in [0.25, 0.3) is 0 Å². The molecule has 0 saturated carbocycles. The molecule has 1 heterocycles. The van der Waals surface area contributed by atoms with Gasteiger partial charge >= 0.3 is 0 Å². The lowest BCUT2D eigenvalue weighted by Crippen LogP contribution is -2.29. The largest absolute Gasteiger partial charge is 0.299 e. The smallest absolute Gasteiger partial charge is 0.135 e. The quantitative estimate of drug-likeness (QED) is 0.630. The summed E-state index contributed by atoms with van der Waals surface area (Å²) in [5.41, 5.74) is 0. The Morgan fingerprint density at radius 3 is 2.58 bits per heavy atom. The van der Waals surface area contributed by atoms with E-state index in [4.69, 9.17) is 0 Å². The van der Waals surface area contributed by atoms with E-state index in [2.05, 4.69) is 12.2 Å². The fraction of sp³-hybridized carbons (Fsp3) is 0.900. The zero-order chi connectivity index (χ0) is 8.97. The minimum absolute atomic E-state index is 0.269. The second-order valence-corrected chi connectivity index (χ2v) is 3.62. The molecule has 1 aliphatic rings. The Balaban J connectivity index is 2.39. The Bertz CT molecular complexity index is 150. The van der Waals surface area contributed by atoms with Crippen LogP contribution in [0, 0.1) is 11.8 Å². The van der Waals surface area contributed by atoms with Crippen molar-refractivity contribution in [3.63, 3.8) is 0 Å². The highest BCUT2D eigenvalue weighted by molar-refractivity contribution is 5.80. The standard InChI is InChI=1S/C10H18NO/c1-3-10(12)8(2)9-4-6-11-7-5-9/h8-9H,3-7H2,1-2H3. The average Bonchev–Trinajstić information content (AvgIpc) is 2.17. The van der Waals surface area contributed by atoms with Crippen molar-refractivity contribution in [2.24, 2.45) is 11.8 Å². The Kier molecular flexibility index (Phi) is 3.73. The highest BCUT2D eigenvalue weighted by atomic mass is 16.1. The van der Waals surface area contributed by atoms with Gasteiger partial charge in [-0.15, -0.1) is 0 Å². The zero-order valence-corrected chi connectivity index (χ0v) is 8.05. The average molecular weight is 168 g/mol. The third kappa shape index (κ3) is 2.31. The van der Waals surface area contributed by atoms with Crippen LogP contribution in [0.1, 0.15) is 33.1 Å². The molecule has 1 radical (unpaired) electrons. The van der Waals surface area contributed by atoms with Crippen LogP contribution in [0.2, 0.25) is 0 Å². The van der Waals surface area contributed by atoms with Crippen molar-refractivity contribution in [3.05, 3.63) is 0 Å². The van der Waals surface area contributed by atoms with Crippen LogP contribution in [0.3, 0.4) is 0 Å². The van der Waals surface area contributed by atoms with Gasteiger partial charge in [0.1, 0.15) is 5.78 Å². The first-order valence-electron chi connectivity index (χ1n) is 4.91. The number of hydrogen-bond acceptors (Lipinski definition) is 1. The highest BCUT2D eigenvalue weighted by Crippen LogP contribution is 2.23. The molecule has 2 nitrogen and oxygen atoms in total. The Labute approximate surface area is 74.7 Å². The molecule has 0 aromatic carbocycles. The number of piperidine rings is 1. The fourth-order valence-corrected chi connectivity index (χ4v) is 1.86. The number of carbonyl (C=O) groups excluding carboxylic acids is 1. The first kappa shape index (κ1) is 9.72. The topological polar surface area (TPSA) is 31.2 Å². The van der Waals surface area contributed by atoms with Gasteiger partial charge < -0.3 is 0 Å². The maximum atomic E-state index is 11.4. The van der Waals surface area contributed by atoms with Crippen molar-refractivity contribution >= 4 is 5.78 Å². The van der Waals surface area contributed by atoms with E-state index in [1.165, 1.54) is 0 Å². The van der Waals surface area contributed by atoms with Crippen LogP contribution < -0.4 is 5.32 Å². The molecule has 0 aromatic heterocycles. The van der Waals surface area contributed by atoms with Gasteiger partial charge in [-0.25, -0.2) is 5.32 Å². The van der Waals surface area contributed by atoms with E-state index in [0.29, 0.717) is 18.1 Å². The number of Topliss-reactive ketones (excluding diaryl/α,β-unsaturated/α-hetero) is 1. The summed E-state index contributed by atoms with van der Waals surface area (Å²) in [6.45, 7) is 5.95. The van der Waals surface area contributed by atoms with Crippen LogP contribution in [0.15, 0.2) is 0 Å². The normalized spacial score (nSPS) is 22.2. The van der Waals surface area contributed by atoms with Gasteiger partial charge in [0.15, 0.2) is 0 Å². The molecule has 0 N–H and O–H groups in total. The summed E-state index contributed by atoms with van der Waals surface area (Å²) in [6.07, 6.45) is 2.93. The predicted octanol–water partition coefficient (Wildman–Crippen LogP) is 1.62. The van der Waals surface area contributed by atoms with Gasteiger partial charge in [0.05, 0.1) is 0 Å². The van der Waals surface area contributed by atoms with Crippen molar-refractivity contribution in [2.45, 2.75) is 33.1 Å². The fourth-order valence-electron chi connectivity index (χ4n) is 1.86. The van der Waals surface area contributed by atoms with E-state index in [1.807, 2.05) is 6.92 Å². The van der Waals surface area contributed by atoms with Gasteiger partial charge in [0, 0.05) is 25.4 Å². The van der Waals surface area contributed by atoms with Crippen LogP contribution >= 0.6 is 0 Å². The SMILES string of the molecule is CCC(=O)C(C)C1CC[N]CC1. The molecule has 0 bridgehead atoms. The molecular formula is C10H18NO. The molecule has 1 saturated heterocycles. The molecule has 0 amide bonds. The molecule has 0 spiro atoms. The maximum Gasteiger partial charge on any atom is 0.135 e. The molecule has 2 heteroatoms. The number of hydrogen-bond donors (Lipinski definition) is 0. The molecule has 1 unspecified atom stereocenters. The van der Waals surface area contributed by atoms with Crippen molar-refractivity contribution in [2.75, 3.05) is 13.1 Å². The Morgan fingerprint density at radius 2 is 2.08 bits per heavy atom. The van der Waals surface area contributed by atoms with Gasteiger partial charge in [-0.05, 0) is 18.8 Å². The first-order chi connectivity index (χ1) is 5.75. The van der Waals surface area contributed by atoms with E-state index in [-0.39, 0.29) is 5.92 Å². The lowest BCUT2D eigenvalue weighted by atomic mass is 9.83. The summed E-state index contributed by atoms with van der Waals surface area (Å²) in [7, 11) is 0. The zero-order valence-electron chi connectivity index (χ0n) is 8.05. The summed E-state index contributed by atoms with van der Waals surface area (Å²) < 4.78 is 0. The van der Waals surface area contributed by atoms with Crippen molar-refractivity contribution in [1.29, 1.82) is 0 Å². The van der Waals surface area contributed by atoms with E-state index in [1.54, 1.807) is 0 Å². The van der Waals surface area contributed by atoms with Crippen LogP contribution in [-0.4, -0.2) is 18.9 Å². The third-order valence-electron chi connectivity index (χ3n) is 2.88. The molecule has 1 fully saturated rings. The van der Waals surface area contributed by atoms with E-state index in [9.17, 15) is 4.79 Å². The van der Waals surface area contributed by atoms with Crippen LogP contribution in [-0.2, 0) is 4.79 Å². The lowest BCUT2D eigenvalue weighted by Gasteiger charge is -2.26. The first-order valence-corrected chi connectivity index (χ1v) is 4.91. The molecular weight excluding hydrogens is 150 g/mol. The van der Waals surface area contributed by atoms with E-state index >= 15 is 0 Å². The molecule has 1 aliphatic heterocycles. The maximum absolute atomic E-state index is 11.4. The number of nitrogens with zero attached hydrogens (tertiary/aromatic N) is 1. The second-order valence-electron chi connectivity index (χ2n) is 3.62. The van der Waals surface area contributed by atoms with E-state index < -0.39 is 0 Å². The molecule has 1 rings (SSSR count). The Morgan fingerprint density at radius 1 is 1.50 bits per heavy atom. The molecule has 0 aliphatic carbocycles. The summed E-state index contributed by atoms with van der Waals surface area (Å²) in [5, 5.41) is 4.28. The minimum Gasteiger partial charge on any atom is -0.299 e.